The van der Waals surface area contributed by atoms with Crippen LogP contribution in [-0.4, -0.2) is 25.1 Å². The van der Waals surface area contributed by atoms with Crippen molar-refractivity contribution in [1.82, 2.24) is 5.32 Å². The average Bonchev–Trinajstić information content (AvgIpc) is 2.71. The topological polar surface area (TPSA) is 88.4 Å². The van der Waals surface area contributed by atoms with E-state index >= 15 is 0 Å². The maximum atomic E-state index is 12.0. The summed E-state index contributed by atoms with van der Waals surface area (Å²) in [7, 11) is 0. The zero-order valence-corrected chi connectivity index (χ0v) is 16.0. The molecule has 2 aromatic carbocycles. The lowest BCUT2D eigenvalue weighted by atomic mass is 10.1. The van der Waals surface area contributed by atoms with Crippen molar-refractivity contribution in [2.24, 2.45) is 0 Å². The largest absolute Gasteiger partial charge is 0.494 e. The first kappa shape index (κ1) is 21.0. The molecule has 0 aliphatic heterocycles. The first-order valence-corrected chi connectivity index (χ1v) is 8.93. The molecule has 28 heavy (non-hydrogen) atoms. The number of carbonyl (C=O) groups is 2. The molecule has 6 nitrogen and oxygen atoms in total. The smallest absolute Gasteiger partial charge is 0.349 e. The van der Waals surface area contributed by atoms with Crippen LogP contribution in [0.5, 0.6) is 5.75 Å². The molecule has 0 atom stereocenters. The fraction of sp³-hybridized carbons (Fsp3) is 0.190. The van der Waals surface area contributed by atoms with Crippen LogP contribution < -0.4 is 10.1 Å². The molecule has 1 amide bonds. The first-order valence-electron chi connectivity index (χ1n) is 8.55. The summed E-state index contributed by atoms with van der Waals surface area (Å²) < 4.78 is 10.2. The summed E-state index contributed by atoms with van der Waals surface area (Å²) >= 11 is 6.01. The molecule has 0 radical (unpaired) electrons. The SMILES string of the molecule is CCOc1ccc(/C=C(\C#N)C(=O)OCC(=O)NCc2ccccc2Cl)cc1. The lowest BCUT2D eigenvalue weighted by molar-refractivity contribution is -0.144. The van der Waals surface area contributed by atoms with Crippen molar-refractivity contribution in [1.29, 1.82) is 5.26 Å². The molecule has 2 rings (SSSR count). The summed E-state index contributed by atoms with van der Waals surface area (Å²) in [5.74, 6) is -0.674. The molecule has 144 valence electrons. The lowest BCUT2D eigenvalue weighted by Crippen LogP contribution is -2.28. The van der Waals surface area contributed by atoms with Crippen LogP contribution in [0, 0.1) is 11.3 Å². The molecular weight excluding hydrogens is 380 g/mol. The third-order valence-electron chi connectivity index (χ3n) is 3.61. The number of ether oxygens (including phenoxy) is 2. The predicted molar refractivity (Wildman–Crippen MR) is 105 cm³/mol. The van der Waals surface area contributed by atoms with Gasteiger partial charge in [-0.1, -0.05) is 41.9 Å². The van der Waals surface area contributed by atoms with Gasteiger partial charge in [0.05, 0.1) is 6.61 Å². The number of benzene rings is 2. The van der Waals surface area contributed by atoms with Crippen molar-refractivity contribution in [2.45, 2.75) is 13.5 Å². The van der Waals surface area contributed by atoms with Gasteiger partial charge in [-0.3, -0.25) is 4.79 Å². The second-order valence-electron chi connectivity index (χ2n) is 5.62. The van der Waals surface area contributed by atoms with Crippen molar-refractivity contribution in [2.75, 3.05) is 13.2 Å². The van der Waals surface area contributed by atoms with Gasteiger partial charge in [0.15, 0.2) is 6.61 Å². The molecule has 0 saturated heterocycles. The van der Waals surface area contributed by atoms with Gasteiger partial charge in [-0.25, -0.2) is 4.79 Å². The Bertz CT molecular complexity index is 901. The molecule has 0 unspecified atom stereocenters. The molecule has 2 aromatic rings. The third kappa shape index (κ3) is 6.45. The Labute approximate surface area is 168 Å². The van der Waals surface area contributed by atoms with Gasteiger partial charge in [-0.15, -0.1) is 0 Å². The number of halogens is 1. The van der Waals surface area contributed by atoms with Crippen LogP contribution in [0.4, 0.5) is 0 Å². The molecule has 0 aromatic heterocycles. The van der Waals surface area contributed by atoms with Gasteiger partial charge < -0.3 is 14.8 Å². The van der Waals surface area contributed by atoms with Crippen LogP contribution >= 0.6 is 11.6 Å². The number of nitriles is 1. The fourth-order valence-corrected chi connectivity index (χ4v) is 2.43. The quantitative estimate of drug-likeness (QED) is 0.417. The highest BCUT2D eigenvalue weighted by Crippen LogP contribution is 2.15. The van der Waals surface area contributed by atoms with Crippen LogP contribution in [0.1, 0.15) is 18.1 Å². The first-order chi connectivity index (χ1) is 13.5. The normalized spacial score (nSPS) is 10.7. The van der Waals surface area contributed by atoms with Gasteiger partial charge in [0, 0.05) is 11.6 Å². The number of rotatable bonds is 8. The van der Waals surface area contributed by atoms with E-state index < -0.39 is 18.5 Å². The lowest BCUT2D eigenvalue weighted by Gasteiger charge is -2.07. The Morgan fingerprint density at radius 2 is 1.89 bits per heavy atom. The van der Waals surface area contributed by atoms with Crippen LogP contribution in [0.2, 0.25) is 5.02 Å². The fourth-order valence-electron chi connectivity index (χ4n) is 2.23. The highest BCUT2D eigenvalue weighted by Gasteiger charge is 2.13. The molecule has 1 N–H and O–H groups in total. The van der Waals surface area contributed by atoms with Crippen molar-refractivity contribution in [3.8, 4) is 11.8 Å². The highest BCUT2D eigenvalue weighted by molar-refractivity contribution is 6.31. The van der Waals surface area contributed by atoms with Gasteiger partial charge in [0.25, 0.3) is 5.91 Å². The Hall–Kier alpha value is -3.30. The molecular formula is C21H19ClN2O4. The standard InChI is InChI=1S/C21H19ClN2O4/c1-2-27-18-9-7-15(8-10-18)11-17(12-23)21(26)28-14-20(25)24-13-16-5-3-4-6-19(16)22/h3-11H,2,13-14H2,1H3,(H,24,25)/b17-11+. The number of esters is 1. The maximum Gasteiger partial charge on any atom is 0.349 e. The predicted octanol–water partition coefficient (Wildman–Crippen LogP) is 3.51. The van der Waals surface area contributed by atoms with Crippen LogP contribution in [0.15, 0.2) is 54.1 Å². The molecule has 0 bridgehead atoms. The van der Waals surface area contributed by atoms with Gasteiger partial charge >= 0.3 is 5.97 Å². The minimum Gasteiger partial charge on any atom is -0.494 e. The Morgan fingerprint density at radius 1 is 1.18 bits per heavy atom. The zero-order valence-electron chi connectivity index (χ0n) is 15.3. The van der Waals surface area contributed by atoms with Gasteiger partial charge in [0.1, 0.15) is 17.4 Å². The Kier molecular flexibility index (Phi) is 8.07. The van der Waals surface area contributed by atoms with E-state index in [1.807, 2.05) is 6.92 Å². The number of amides is 1. The summed E-state index contributed by atoms with van der Waals surface area (Å²) in [5.41, 5.74) is 1.18. The van der Waals surface area contributed by atoms with E-state index in [0.717, 1.165) is 5.56 Å². The molecule has 0 aliphatic rings. The van der Waals surface area contributed by atoms with E-state index in [4.69, 9.17) is 21.1 Å². The molecule has 0 spiro atoms. The molecule has 0 saturated carbocycles. The van der Waals surface area contributed by atoms with E-state index in [9.17, 15) is 14.9 Å². The van der Waals surface area contributed by atoms with E-state index in [2.05, 4.69) is 5.32 Å². The van der Waals surface area contributed by atoms with Crippen LogP contribution in [0.25, 0.3) is 6.08 Å². The van der Waals surface area contributed by atoms with E-state index in [0.29, 0.717) is 22.9 Å². The minimum absolute atomic E-state index is 0.205. The Morgan fingerprint density at radius 3 is 2.54 bits per heavy atom. The number of carbonyl (C=O) groups excluding carboxylic acids is 2. The summed E-state index contributed by atoms with van der Waals surface area (Å²) in [4.78, 5) is 23.9. The average molecular weight is 399 g/mol. The monoisotopic (exact) mass is 398 g/mol. The second-order valence-corrected chi connectivity index (χ2v) is 6.02. The summed E-state index contributed by atoms with van der Waals surface area (Å²) in [5, 5.41) is 12.3. The molecule has 0 heterocycles. The van der Waals surface area contributed by atoms with Crippen LogP contribution in [-0.2, 0) is 20.9 Å². The highest BCUT2D eigenvalue weighted by atomic mass is 35.5. The van der Waals surface area contributed by atoms with E-state index in [1.165, 1.54) is 6.08 Å². The number of hydrogen-bond donors (Lipinski definition) is 1. The van der Waals surface area contributed by atoms with Gasteiger partial charge in [-0.05, 0) is 42.3 Å². The summed E-state index contributed by atoms with van der Waals surface area (Å²) in [6.45, 7) is 2.14. The summed E-state index contributed by atoms with van der Waals surface area (Å²) in [6, 6.07) is 15.8. The van der Waals surface area contributed by atoms with E-state index in [1.54, 1.807) is 54.6 Å². The summed E-state index contributed by atoms with van der Waals surface area (Å²) in [6.07, 6.45) is 1.39. The number of hydrogen-bond acceptors (Lipinski definition) is 5. The van der Waals surface area contributed by atoms with Crippen molar-refractivity contribution < 1.29 is 19.1 Å². The third-order valence-corrected chi connectivity index (χ3v) is 3.98. The second kappa shape index (κ2) is 10.8. The van der Waals surface area contributed by atoms with Gasteiger partial charge in [0.2, 0.25) is 0 Å². The van der Waals surface area contributed by atoms with Crippen molar-refractivity contribution in [3.63, 3.8) is 0 Å². The molecule has 0 aliphatic carbocycles. The Balaban J connectivity index is 1.88. The number of nitrogens with zero attached hydrogens (tertiary/aromatic N) is 1. The van der Waals surface area contributed by atoms with Crippen molar-refractivity contribution in [3.05, 3.63) is 70.3 Å². The maximum absolute atomic E-state index is 12.0. The molecule has 7 heteroatoms. The minimum atomic E-state index is -0.871. The molecule has 0 fully saturated rings. The van der Waals surface area contributed by atoms with Gasteiger partial charge in [-0.2, -0.15) is 5.26 Å². The number of nitrogens with one attached hydrogen (secondary N) is 1. The zero-order chi connectivity index (χ0) is 20.4. The van der Waals surface area contributed by atoms with E-state index in [-0.39, 0.29) is 12.1 Å². The van der Waals surface area contributed by atoms with Crippen LogP contribution in [0.3, 0.4) is 0 Å². The van der Waals surface area contributed by atoms with Crippen molar-refractivity contribution >= 4 is 29.6 Å².